The number of nitrogens with zero attached hydrogens (tertiary/aromatic N) is 3. The number of benzene rings is 2. The fourth-order valence-electron chi connectivity index (χ4n) is 4.29. The number of rotatable bonds is 8. The Morgan fingerprint density at radius 2 is 2.12 bits per heavy atom. The van der Waals surface area contributed by atoms with E-state index in [1.807, 2.05) is 25.1 Å². The largest absolute Gasteiger partial charge is 0.497 e. The second-order valence-corrected chi connectivity index (χ2v) is 8.44. The quantitative estimate of drug-likeness (QED) is 0.535. The SMILES string of the molecule is COc1ccc(OC)c(C(C)NC(=O)CN2CCCC(c3nc(-c4cccc(F)c4)no3)C2)c1. The van der Waals surface area contributed by atoms with Crippen LogP contribution in [0.25, 0.3) is 11.4 Å². The number of hydrogen-bond donors (Lipinski definition) is 1. The molecule has 2 aromatic carbocycles. The topological polar surface area (TPSA) is 89.7 Å². The summed E-state index contributed by atoms with van der Waals surface area (Å²) >= 11 is 0. The van der Waals surface area contributed by atoms with Crippen LogP contribution in [0.2, 0.25) is 0 Å². The van der Waals surface area contributed by atoms with Crippen molar-refractivity contribution in [1.82, 2.24) is 20.4 Å². The van der Waals surface area contributed by atoms with E-state index in [4.69, 9.17) is 14.0 Å². The molecule has 1 aliphatic rings. The van der Waals surface area contributed by atoms with Gasteiger partial charge in [0.15, 0.2) is 0 Å². The molecule has 0 spiro atoms. The zero-order chi connectivity index (χ0) is 24.1. The summed E-state index contributed by atoms with van der Waals surface area (Å²) in [4.78, 5) is 19.4. The van der Waals surface area contributed by atoms with Crippen molar-refractivity contribution in [2.45, 2.75) is 31.7 Å². The molecule has 1 saturated heterocycles. The van der Waals surface area contributed by atoms with Gasteiger partial charge in [0.2, 0.25) is 17.6 Å². The number of nitrogens with one attached hydrogen (secondary N) is 1. The molecule has 4 rings (SSSR count). The number of ether oxygens (including phenoxy) is 2. The zero-order valence-electron chi connectivity index (χ0n) is 19.6. The summed E-state index contributed by atoms with van der Waals surface area (Å²) in [6, 6.07) is 11.4. The third kappa shape index (κ3) is 5.53. The van der Waals surface area contributed by atoms with Crippen LogP contribution < -0.4 is 14.8 Å². The first kappa shape index (κ1) is 23.7. The summed E-state index contributed by atoms with van der Waals surface area (Å²) in [5, 5.41) is 7.07. The van der Waals surface area contributed by atoms with Crippen LogP contribution in [0.3, 0.4) is 0 Å². The molecule has 0 aliphatic carbocycles. The molecule has 180 valence electrons. The molecule has 1 fully saturated rings. The molecular weight excluding hydrogens is 439 g/mol. The Morgan fingerprint density at radius 3 is 2.88 bits per heavy atom. The van der Waals surface area contributed by atoms with Crippen LogP contribution in [-0.4, -0.2) is 54.8 Å². The van der Waals surface area contributed by atoms with Crippen LogP contribution in [0.5, 0.6) is 11.5 Å². The van der Waals surface area contributed by atoms with Gasteiger partial charge in [-0.15, -0.1) is 0 Å². The van der Waals surface area contributed by atoms with Crippen molar-refractivity contribution in [1.29, 1.82) is 0 Å². The Bertz CT molecular complexity index is 1140. The summed E-state index contributed by atoms with van der Waals surface area (Å²) in [5.41, 5.74) is 1.42. The summed E-state index contributed by atoms with van der Waals surface area (Å²) < 4.78 is 29.8. The molecule has 34 heavy (non-hydrogen) atoms. The van der Waals surface area contributed by atoms with Crippen molar-refractivity contribution in [2.24, 2.45) is 0 Å². The van der Waals surface area contributed by atoms with E-state index in [1.54, 1.807) is 26.4 Å². The molecule has 9 heteroatoms. The predicted molar refractivity (Wildman–Crippen MR) is 124 cm³/mol. The van der Waals surface area contributed by atoms with Crippen LogP contribution in [-0.2, 0) is 4.79 Å². The lowest BCUT2D eigenvalue weighted by Gasteiger charge is -2.30. The van der Waals surface area contributed by atoms with Crippen LogP contribution in [0.15, 0.2) is 47.0 Å². The number of halogens is 1. The number of methoxy groups -OCH3 is 2. The van der Waals surface area contributed by atoms with E-state index in [0.717, 1.165) is 24.9 Å². The smallest absolute Gasteiger partial charge is 0.234 e. The molecule has 0 bridgehead atoms. The second kappa shape index (κ2) is 10.6. The van der Waals surface area contributed by atoms with Gasteiger partial charge in [-0.1, -0.05) is 17.3 Å². The molecule has 8 nitrogen and oxygen atoms in total. The maximum atomic E-state index is 13.5. The third-order valence-corrected chi connectivity index (χ3v) is 6.03. The first-order valence-electron chi connectivity index (χ1n) is 11.3. The van der Waals surface area contributed by atoms with Crippen LogP contribution in [0.1, 0.15) is 43.2 Å². The molecule has 2 heterocycles. The van der Waals surface area contributed by atoms with E-state index in [9.17, 15) is 9.18 Å². The molecule has 1 aromatic heterocycles. The van der Waals surface area contributed by atoms with Gasteiger partial charge in [0.25, 0.3) is 0 Å². The first-order chi connectivity index (χ1) is 16.5. The normalized spacial score (nSPS) is 17.2. The Kier molecular flexibility index (Phi) is 7.42. The maximum Gasteiger partial charge on any atom is 0.234 e. The van der Waals surface area contributed by atoms with Crippen molar-refractivity contribution in [3.63, 3.8) is 0 Å². The van der Waals surface area contributed by atoms with Gasteiger partial charge in [-0.25, -0.2) is 4.39 Å². The lowest BCUT2D eigenvalue weighted by atomic mass is 9.98. The fourth-order valence-corrected chi connectivity index (χ4v) is 4.29. The summed E-state index contributed by atoms with van der Waals surface area (Å²) in [6.07, 6.45) is 1.80. The molecule has 2 unspecified atom stereocenters. The first-order valence-corrected chi connectivity index (χ1v) is 11.3. The maximum absolute atomic E-state index is 13.5. The van der Waals surface area contributed by atoms with Gasteiger partial charge in [0.1, 0.15) is 17.3 Å². The summed E-state index contributed by atoms with van der Waals surface area (Å²) in [7, 11) is 3.21. The van der Waals surface area contributed by atoms with Crippen LogP contribution >= 0.6 is 0 Å². The summed E-state index contributed by atoms with van der Waals surface area (Å²) in [5.74, 6) is 1.87. The monoisotopic (exact) mass is 468 g/mol. The van der Waals surface area contributed by atoms with Crippen LogP contribution in [0, 0.1) is 5.82 Å². The van der Waals surface area contributed by atoms with Gasteiger partial charge < -0.3 is 19.3 Å². The van der Waals surface area contributed by atoms with Crippen molar-refractivity contribution in [2.75, 3.05) is 33.9 Å². The van der Waals surface area contributed by atoms with Crippen molar-refractivity contribution < 1.29 is 23.2 Å². The number of carbonyl (C=O) groups is 1. The number of aromatic nitrogens is 2. The van der Waals surface area contributed by atoms with E-state index in [1.165, 1.54) is 12.1 Å². The van der Waals surface area contributed by atoms with Gasteiger partial charge in [-0.2, -0.15) is 4.98 Å². The Morgan fingerprint density at radius 1 is 1.26 bits per heavy atom. The molecule has 1 N–H and O–H groups in total. The average Bonchev–Trinajstić information content (AvgIpc) is 3.34. The predicted octanol–water partition coefficient (Wildman–Crippen LogP) is 3.95. The summed E-state index contributed by atoms with van der Waals surface area (Å²) in [6.45, 7) is 3.62. The minimum Gasteiger partial charge on any atom is -0.497 e. The lowest BCUT2D eigenvalue weighted by Crippen LogP contribution is -2.42. The minimum atomic E-state index is -0.348. The molecule has 0 radical (unpaired) electrons. The number of likely N-dealkylation sites (tertiary alicyclic amines) is 1. The highest BCUT2D eigenvalue weighted by atomic mass is 19.1. The van der Waals surface area contributed by atoms with E-state index >= 15 is 0 Å². The van der Waals surface area contributed by atoms with E-state index in [2.05, 4.69) is 20.4 Å². The average molecular weight is 469 g/mol. The highest BCUT2D eigenvalue weighted by Gasteiger charge is 2.28. The van der Waals surface area contributed by atoms with Crippen molar-refractivity contribution in [3.05, 3.63) is 59.7 Å². The van der Waals surface area contributed by atoms with Gasteiger partial charge in [-0.3, -0.25) is 9.69 Å². The Hall–Kier alpha value is -3.46. The van der Waals surface area contributed by atoms with E-state index in [0.29, 0.717) is 35.3 Å². The molecule has 3 aromatic rings. The van der Waals surface area contributed by atoms with Crippen molar-refractivity contribution >= 4 is 5.91 Å². The Balaban J connectivity index is 1.36. The van der Waals surface area contributed by atoms with E-state index in [-0.39, 0.29) is 30.2 Å². The van der Waals surface area contributed by atoms with Crippen LogP contribution in [0.4, 0.5) is 4.39 Å². The Labute approximate surface area is 198 Å². The second-order valence-electron chi connectivity index (χ2n) is 8.44. The lowest BCUT2D eigenvalue weighted by molar-refractivity contribution is -0.123. The van der Waals surface area contributed by atoms with Gasteiger partial charge in [0.05, 0.1) is 32.7 Å². The number of piperidine rings is 1. The van der Waals surface area contributed by atoms with E-state index < -0.39 is 0 Å². The molecule has 1 amide bonds. The third-order valence-electron chi connectivity index (χ3n) is 6.03. The highest BCUT2D eigenvalue weighted by molar-refractivity contribution is 5.78. The number of amides is 1. The molecule has 1 aliphatic heterocycles. The molecule has 0 saturated carbocycles. The van der Waals surface area contributed by atoms with Crippen molar-refractivity contribution in [3.8, 4) is 22.9 Å². The van der Waals surface area contributed by atoms with Gasteiger partial charge >= 0.3 is 0 Å². The standard InChI is InChI=1S/C25H29FN4O4/c1-16(21-13-20(32-2)9-10-22(21)33-3)27-23(31)15-30-11-5-7-18(14-30)25-28-24(29-34-25)17-6-4-8-19(26)12-17/h4,6,8-10,12-13,16,18H,5,7,11,14-15H2,1-3H3,(H,27,31). The van der Waals surface area contributed by atoms with Gasteiger partial charge in [0, 0.05) is 17.7 Å². The molecular formula is C25H29FN4O4. The molecule has 2 atom stereocenters. The zero-order valence-corrected chi connectivity index (χ0v) is 19.6. The fraction of sp³-hybridized carbons (Fsp3) is 0.400. The highest BCUT2D eigenvalue weighted by Crippen LogP contribution is 2.30. The van der Waals surface area contributed by atoms with Gasteiger partial charge in [-0.05, 0) is 56.6 Å². The minimum absolute atomic E-state index is 0.0206. The number of carbonyl (C=O) groups excluding carboxylic acids is 1. The number of hydrogen-bond acceptors (Lipinski definition) is 7.